The molecule has 0 aliphatic heterocycles. The minimum absolute atomic E-state index is 0.323. The SMILES string of the molecule is CCNC(=O)NS(=O)(=O)Cc1ccccc1N. The van der Waals surface area contributed by atoms with Crippen LogP contribution in [-0.4, -0.2) is 21.0 Å². The van der Waals surface area contributed by atoms with E-state index in [0.717, 1.165) is 0 Å². The number of nitrogens with one attached hydrogen (secondary N) is 2. The molecule has 0 atom stereocenters. The van der Waals surface area contributed by atoms with Crippen molar-refractivity contribution in [3.63, 3.8) is 0 Å². The highest BCUT2D eigenvalue weighted by atomic mass is 32.2. The molecular weight excluding hydrogens is 242 g/mol. The minimum Gasteiger partial charge on any atom is -0.398 e. The highest BCUT2D eigenvalue weighted by molar-refractivity contribution is 7.89. The molecule has 0 aromatic heterocycles. The van der Waals surface area contributed by atoms with Gasteiger partial charge in [-0.1, -0.05) is 18.2 Å². The van der Waals surface area contributed by atoms with Gasteiger partial charge in [0.15, 0.2) is 0 Å². The van der Waals surface area contributed by atoms with Crippen LogP contribution in [-0.2, 0) is 15.8 Å². The lowest BCUT2D eigenvalue weighted by Crippen LogP contribution is -2.39. The predicted octanol–water partition coefficient (Wildman–Crippen LogP) is 0.418. The molecule has 0 fully saturated rings. The van der Waals surface area contributed by atoms with Crippen LogP contribution in [0.3, 0.4) is 0 Å². The average molecular weight is 257 g/mol. The molecule has 6 nitrogen and oxygen atoms in total. The van der Waals surface area contributed by atoms with Gasteiger partial charge in [0.05, 0.1) is 5.75 Å². The summed E-state index contributed by atoms with van der Waals surface area (Å²) in [5.41, 5.74) is 6.47. The number of para-hydroxylation sites is 1. The molecule has 0 aliphatic carbocycles. The molecule has 94 valence electrons. The Labute approximate surface area is 100 Å². The van der Waals surface area contributed by atoms with Gasteiger partial charge < -0.3 is 11.1 Å². The number of rotatable bonds is 4. The molecule has 0 unspecified atom stereocenters. The first-order valence-corrected chi connectivity index (χ1v) is 6.71. The second kappa shape index (κ2) is 5.53. The zero-order chi connectivity index (χ0) is 12.9. The van der Waals surface area contributed by atoms with Crippen molar-refractivity contribution < 1.29 is 13.2 Å². The molecule has 17 heavy (non-hydrogen) atoms. The zero-order valence-electron chi connectivity index (χ0n) is 9.43. The van der Waals surface area contributed by atoms with E-state index in [1.807, 2.05) is 4.72 Å². The summed E-state index contributed by atoms with van der Waals surface area (Å²) < 4.78 is 25.1. The van der Waals surface area contributed by atoms with Crippen LogP contribution in [0.4, 0.5) is 10.5 Å². The van der Waals surface area contributed by atoms with Crippen LogP contribution in [0.1, 0.15) is 12.5 Å². The number of nitrogen functional groups attached to an aromatic ring is 1. The first-order chi connectivity index (χ1) is 7.94. The lowest BCUT2D eigenvalue weighted by atomic mass is 10.2. The smallest absolute Gasteiger partial charge is 0.328 e. The fourth-order valence-corrected chi connectivity index (χ4v) is 2.34. The van der Waals surface area contributed by atoms with E-state index in [9.17, 15) is 13.2 Å². The van der Waals surface area contributed by atoms with Gasteiger partial charge in [-0.3, -0.25) is 0 Å². The van der Waals surface area contributed by atoms with Crippen molar-refractivity contribution >= 4 is 21.7 Å². The number of amides is 2. The Bertz CT molecular complexity index is 499. The maximum atomic E-state index is 11.6. The fraction of sp³-hybridized carbons (Fsp3) is 0.300. The summed E-state index contributed by atoms with van der Waals surface area (Å²) in [5.74, 6) is -0.323. The molecule has 0 heterocycles. The molecule has 1 rings (SSSR count). The fourth-order valence-electron chi connectivity index (χ4n) is 1.24. The number of sulfonamides is 1. The zero-order valence-corrected chi connectivity index (χ0v) is 10.3. The number of carbonyl (C=O) groups is 1. The molecule has 2 amide bonds. The Morgan fingerprint density at radius 2 is 2.00 bits per heavy atom. The average Bonchev–Trinajstić information content (AvgIpc) is 2.20. The van der Waals surface area contributed by atoms with E-state index in [1.165, 1.54) is 0 Å². The van der Waals surface area contributed by atoms with Crippen molar-refractivity contribution in [2.24, 2.45) is 0 Å². The van der Waals surface area contributed by atoms with E-state index < -0.39 is 16.1 Å². The van der Waals surface area contributed by atoms with Crippen LogP contribution in [0, 0.1) is 0 Å². The number of urea groups is 1. The first-order valence-electron chi connectivity index (χ1n) is 5.06. The van der Waals surface area contributed by atoms with E-state index in [0.29, 0.717) is 17.8 Å². The summed E-state index contributed by atoms with van der Waals surface area (Å²) in [5, 5.41) is 2.34. The normalized spacial score (nSPS) is 10.9. The molecule has 0 radical (unpaired) electrons. The maximum Gasteiger partial charge on any atom is 0.328 e. The van der Waals surface area contributed by atoms with E-state index >= 15 is 0 Å². The molecule has 0 saturated carbocycles. The summed E-state index contributed by atoms with van der Waals surface area (Å²) in [4.78, 5) is 11.1. The number of hydrogen-bond donors (Lipinski definition) is 3. The predicted molar refractivity (Wildman–Crippen MR) is 65.7 cm³/mol. The molecule has 0 spiro atoms. The summed E-state index contributed by atoms with van der Waals surface area (Å²) in [6.07, 6.45) is 0. The Balaban J connectivity index is 2.74. The van der Waals surface area contributed by atoms with Gasteiger partial charge in [-0.05, 0) is 18.6 Å². The van der Waals surface area contributed by atoms with Crippen molar-refractivity contribution in [3.8, 4) is 0 Å². The standard InChI is InChI=1S/C10H15N3O3S/c1-2-12-10(14)13-17(15,16)7-8-5-3-4-6-9(8)11/h3-6H,2,7,11H2,1H3,(H2,12,13,14). The van der Waals surface area contributed by atoms with E-state index in [1.54, 1.807) is 31.2 Å². The second-order valence-corrected chi connectivity index (χ2v) is 5.14. The number of anilines is 1. The summed E-state index contributed by atoms with van der Waals surface area (Å²) in [6, 6.07) is 5.88. The third-order valence-electron chi connectivity index (χ3n) is 1.99. The van der Waals surface area contributed by atoms with Crippen LogP contribution in [0.25, 0.3) is 0 Å². The Kier molecular flexibility index (Phi) is 4.33. The quantitative estimate of drug-likeness (QED) is 0.680. The van der Waals surface area contributed by atoms with Gasteiger partial charge in [-0.25, -0.2) is 17.9 Å². The van der Waals surface area contributed by atoms with Gasteiger partial charge in [0, 0.05) is 12.2 Å². The van der Waals surface area contributed by atoms with Gasteiger partial charge in [-0.2, -0.15) is 0 Å². The molecule has 1 aromatic carbocycles. The van der Waals surface area contributed by atoms with Crippen LogP contribution in [0.2, 0.25) is 0 Å². The van der Waals surface area contributed by atoms with Gasteiger partial charge in [-0.15, -0.1) is 0 Å². The lowest BCUT2D eigenvalue weighted by Gasteiger charge is -2.08. The van der Waals surface area contributed by atoms with Crippen LogP contribution in [0.5, 0.6) is 0 Å². The van der Waals surface area contributed by atoms with Crippen molar-refractivity contribution in [1.82, 2.24) is 10.0 Å². The summed E-state index contributed by atoms with van der Waals surface area (Å²) in [6.45, 7) is 2.05. The van der Waals surface area contributed by atoms with E-state index in [4.69, 9.17) is 5.73 Å². The van der Waals surface area contributed by atoms with Crippen molar-refractivity contribution in [3.05, 3.63) is 29.8 Å². The van der Waals surface area contributed by atoms with E-state index in [2.05, 4.69) is 5.32 Å². The van der Waals surface area contributed by atoms with Gasteiger partial charge >= 0.3 is 6.03 Å². The Morgan fingerprint density at radius 1 is 1.35 bits per heavy atom. The highest BCUT2D eigenvalue weighted by Gasteiger charge is 2.15. The third-order valence-corrected chi connectivity index (χ3v) is 3.17. The number of carbonyl (C=O) groups excluding carboxylic acids is 1. The summed E-state index contributed by atoms with van der Waals surface area (Å²) >= 11 is 0. The number of nitrogens with two attached hydrogens (primary N) is 1. The van der Waals surface area contributed by atoms with Crippen LogP contribution in [0.15, 0.2) is 24.3 Å². The Hall–Kier alpha value is -1.76. The maximum absolute atomic E-state index is 11.6. The Morgan fingerprint density at radius 3 is 2.59 bits per heavy atom. The van der Waals surface area contributed by atoms with Crippen LogP contribution < -0.4 is 15.8 Å². The molecule has 0 aliphatic rings. The van der Waals surface area contributed by atoms with Crippen molar-refractivity contribution in [2.45, 2.75) is 12.7 Å². The number of benzene rings is 1. The molecular formula is C10H15N3O3S. The largest absolute Gasteiger partial charge is 0.398 e. The number of hydrogen-bond acceptors (Lipinski definition) is 4. The van der Waals surface area contributed by atoms with Crippen molar-refractivity contribution in [2.75, 3.05) is 12.3 Å². The third kappa shape index (κ3) is 4.31. The van der Waals surface area contributed by atoms with Crippen LogP contribution >= 0.6 is 0 Å². The second-order valence-electron chi connectivity index (χ2n) is 3.42. The topological polar surface area (TPSA) is 101 Å². The molecule has 1 aromatic rings. The monoisotopic (exact) mass is 257 g/mol. The van der Waals surface area contributed by atoms with Gasteiger partial charge in [0.25, 0.3) is 0 Å². The molecule has 4 N–H and O–H groups in total. The molecule has 7 heteroatoms. The van der Waals surface area contributed by atoms with Gasteiger partial charge in [0.1, 0.15) is 0 Å². The molecule has 0 saturated heterocycles. The minimum atomic E-state index is -3.72. The molecule has 0 bridgehead atoms. The van der Waals surface area contributed by atoms with Gasteiger partial charge in [0.2, 0.25) is 10.0 Å². The van der Waals surface area contributed by atoms with E-state index in [-0.39, 0.29) is 5.75 Å². The summed E-state index contributed by atoms with van der Waals surface area (Å²) in [7, 11) is -3.72. The first kappa shape index (κ1) is 13.3. The lowest BCUT2D eigenvalue weighted by molar-refractivity contribution is 0.246. The van der Waals surface area contributed by atoms with Crippen molar-refractivity contribution in [1.29, 1.82) is 0 Å². The highest BCUT2D eigenvalue weighted by Crippen LogP contribution is 2.13.